The Balaban J connectivity index is 0.000000155. The fourth-order valence-electron chi connectivity index (χ4n) is 17.8. The average Bonchev–Trinajstić information content (AvgIpc) is 0.720. The van der Waals surface area contributed by atoms with Crippen LogP contribution in [0.1, 0.15) is 0 Å². The molecule has 0 spiro atoms. The van der Waals surface area contributed by atoms with E-state index in [1.54, 1.807) is 0 Å². The maximum absolute atomic E-state index is 10.2. The quantitative estimate of drug-likeness (QED) is 0.112. The first kappa shape index (κ1) is 70.7. The molecule has 0 heterocycles. The maximum Gasteiger partial charge on any atom is 0.489 e. The summed E-state index contributed by atoms with van der Waals surface area (Å²) < 4.78 is 2.28. The third-order valence-corrected chi connectivity index (χ3v) is 24.5. The largest absolute Gasteiger partial charge is 0.489 e. The molecule has 22 aromatic carbocycles. The summed E-state index contributed by atoms with van der Waals surface area (Å²) in [7, 11) is -1.54. The highest BCUT2D eigenvalue weighted by atomic mass is 79.9. The van der Waals surface area contributed by atoms with Gasteiger partial charge in [0.1, 0.15) is 0 Å². The van der Waals surface area contributed by atoms with Crippen molar-refractivity contribution in [3.8, 4) is 89.0 Å². The van der Waals surface area contributed by atoms with Gasteiger partial charge >= 0.3 is 7.12 Å². The molecule has 0 fully saturated rings. The summed E-state index contributed by atoms with van der Waals surface area (Å²) in [5.41, 5.74) is 20.1. The lowest BCUT2D eigenvalue weighted by atomic mass is 9.72. The monoisotopic (exact) mass is 1590 g/mol. The van der Waals surface area contributed by atoms with E-state index in [-0.39, 0.29) is 0 Å². The van der Waals surface area contributed by atoms with Gasteiger partial charge in [-0.25, -0.2) is 0 Å². The van der Waals surface area contributed by atoms with Crippen molar-refractivity contribution in [3.63, 3.8) is 0 Å². The predicted octanol–water partition coefficient (Wildman–Crippen LogP) is 30.3. The summed E-state index contributed by atoms with van der Waals surface area (Å²) >= 11 is 7.02. The summed E-state index contributed by atoms with van der Waals surface area (Å²) in [5, 5.41) is 46.4. The van der Waals surface area contributed by atoms with Gasteiger partial charge in [-0.05, 0) is 262 Å². The molecule has 2 nitrogen and oxygen atoms in total. The Kier molecular flexibility index (Phi) is 18.6. The second kappa shape index (κ2) is 30.3. The maximum atomic E-state index is 10.2. The summed E-state index contributed by atoms with van der Waals surface area (Å²) in [6.45, 7) is 0. The van der Waals surface area contributed by atoms with Gasteiger partial charge in [-0.2, -0.15) is 0 Å². The third-order valence-electron chi connectivity index (χ3n) is 23.1. The molecule has 0 saturated heterocycles. The van der Waals surface area contributed by atoms with Crippen molar-refractivity contribution in [1.82, 2.24) is 0 Å². The minimum atomic E-state index is -1.54. The first-order valence-electron chi connectivity index (χ1n) is 39.0. The van der Waals surface area contributed by atoms with Crippen molar-refractivity contribution in [2.45, 2.75) is 0 Å². The molecule has 2 N–H and O–H groups in total. The fourth-order valence-corrected chi connectivity index (χ4v) is 18.8. The Hall–Kier alpha value is -13.4. The Labute approximate surface area is 684 Å². The van der Waals surface area contributed by atoms with Crippen molar-refractivity contribution in [1.29, 1.82) is 0 Å². The number of benzene rings is 22. The lowest BCUT2D eigenvalue weighted by Crippen LogP contribution is -2.31. The third kappa shape index (κ3) is 13.0. The van der Waals surface area contributed by atoms with E-state index in [2.05, 4.69) is 384 Å². The van der Waals surface area contributed by atoms with Gasteiger partial charge in [-0.3, -0.25) is 0 Å². The van der Waals surface area contributed by atoms with Gasteiger partial charge in [-0.1, -0.05) is 402 Å². The highest BCUT2D eigenvalue weighted by Gasteiger charge is 2.25. The van der Waals surface area contributed by atoms with E-state index < -0.39 is 7.12 Å². The van der Waals surface area contributed by atoms with Gasteiger partial charge < -0.3 is 10.0 Å². The summed E-state index contributed by atoms with van der Waals surface area (Å²) in [6, 6.07) is 151. The van der Waals surface area contributed by atoms with Crippen molar-refractivity contribution < 1.29 is 10.0 Å². The second-order valence-corrected chi connectivity index (χ2v) is 31.4. The average molecular weight is 1600 g/mol. The molecule has 115 heavy (non-hydrogen) atoms. The van der Waals surface area contributed by atoms with Crippen LogP contribution in [0.4, 0.5) is 0 Å². The number of hydrogen-bond acceptors (Lipinski definition) is 2. The van der Waals surface area contributed by atoms with Gasteiger partial charge in [0, 0.05) is 8.95 Å². The van der Waals surface area contributed by atoms with Crippen LogP contribution >= 0.6 is 31.9 Å². The van der Waals surface area contributed by atoms with Crippen LogP contribution in [0, 0.1) is 0 Å². The number of hydrogen-bond donors (Lipinski definition) is 2. The minimum Gasteiger partial charge on any atom is -0.423 e. The van der Waals surface area contributed by atoms with Crippen LogP contribution in [0.15, 0.2) is 428 Å². The lowest BCUT2D eigenvalue weighted by Gasteiger charge is -2.21. The Morgan fingerprint density at radius 2 is 0.357 bits per heavy atom. The van der Waals surface area contributed by atoms with Crippen LogP contribution in [0.3, 0.4) is 0 Å². The molecule has 0 aliphatic rings. The summed E-state index contributed by atoms with van der Waals surface area (Å²) in [6.07, 6.45) is 0. The van der Waals surface area contributed by atoms with Crippen molar-refractivity contribution in [2.24, 2.45) is 0 Å². The van der Waals surface area contributed by atoms with E-state index in [9.17, 15) is 10.0 Å². The first-order valence-corrected chi connectivity index (χ1v) is 40.6. The SMILES string of the molecule is Brc1ccc(Br)c2ccccc12.OB(O)c1c2ccccc2c(-c2ccc3cc(-c4ccccc4)ccc3c2)c2ccccc12.c1ccc(-c2ccc3cc(-c4c5ccccc5c(-c5ccc(-c6c7ccccc7c(-c7ccc8cc(-c9ccccc9)ccc8c7)c7ccccc67)c6ccccc56)c5ccccc45)ccc3c2)cc1. The Morgan fingerprint density at radius 3 is 0.617 bits per heavy atom. The highest BCUT2D eigenvalue weighted by Crippen LogP contribution is 2.51. The van der Waals surface area contributed by atoms with E-state index in [0.717, 1.165) is 41.6 Å². The normalized spacial score (nSPS) is 11.5. The molecule has 5 heteroatoms. The van der Waals surface area contributed by atoms with Gasteiger partial charge in [0.2, 0.25) is 0 Å². The molecule has 0 bridgehead atoms. The molecule has 0 saturated carbocycles. The fraction of sp³-hybridized carbons (Fsp3) is 0. The van der Waals surface area contributed by atoms with Gasteiger partial charge in [0.05, 0.1) is 0 Å². The van der Waals surface area contributed by atoms with Crippen LogP contribution in [0.2, 0.25) is 0 Å². The first-order chi connectivity index (χ1) is 56.7. The van der Waals surface area contributed by atoms with Crippen molar-refractivity contribution >= 4 is 163 Å². The van der Waals surface area contributed by atoms with E-state index in [0.29, 0.717) is 5.46 Å². The molecule has 0 radical (unpaired) electrons. The van der Waals surface area contributed by atoms with E-state index in [1.165, 1.54) is 175 Å². The number of fused-ring (bicyclic) bond motifs is 11. The van der Waals surface area contributed by atoms with E-state index >= 15 is 0 Å². The zero-order valence-electron chi connectivity index (χ0n) is 62.6. The molecule has 540 valence electrons. The molecule has 0 unspecified atom stereocenters. The van der Waals surface area contributed by atoms with Crippen LogP contribution in [-0.2, 0) is 0 Å². The number of halogens is 2. The van der Waals surface area contributed by atoms with Crippen molar-refractivity contribution in [2.75, 3.05) is 0 Å². The smallest absolute Gasteiger partial charge is 0.423 e. The van der Waals surface area contributed by atoms with Crippen molar-refractivity contribution in [3.05, 3.63) is 428 Å². The minimum absolute atomic E-state index is 0.554. The molecule has 22 rings (SSSR count). The highest BCUT2D eigenvalue weighted by molar-refractivity contribution is 9.11. The topological polar surface area (TPSA) is 40.5 Å². The second-order valence-electron chi connectivity index (χ2n) is 29.6. The zero-order chi connectivity index (χ0) is 77.0. The van der Waals surface area contributed by atoms with Gasteiger partial charge in [-0.15, -0.1) is 0 Å². The standard InChI is InChI=1S/C70H44.C30H21BO2.C10H6Br2/c1-3-17-45(18-4-1)47-31-33-51-43-53(37-35-49(51)41-47)67-57-23-9-13-27-61(57)69(62-28-14-10-24-58(62)67)65-39-40-66(56-22-8-7-21-55(56)65)70-63-29-15-11-25-59(63)68(60-26-12-16-30-64(60)70)54-38-36-50-42-48(32-34-52(50)44-54)46-19-5-2-6-20-46;32-31(33)30-27-12-6-4-10-25(27)29(26-11-5-7-13-28(26)30)24-17-16-22-18-21(14-15-23(22)19-24)20-8-2-1-3-9-20;11-9-5-6-10(12)8-4-2-1-3-7(8)9/h1-44H;1-19,32-33H;1-6H. The van der Waals surface area contributed by atoms with E-state index in [1.807, 2.05) is 66.7 Å². The zero-order valence-corrected chi connectivity index (χ0v) is 65.7. The van der Waals surface area contributed by atoms with Crippen LogP contribution in [-0.4, -0.2) is 17.2 Å². The van der Waals surface area contributed by atoms with Crippen LogP contribution < -0.4 is 5.46 Å². The van der Waals surface area contributed by atoms with Crippen LogP contribution in [0.5, 0.6) is 0 Å². The molecule has 0 amide bonds. The Bertz CT molecular complexity index is 7090. The Morgan fingerprint density at radius 1 is 0.157 bits per heavy atom. The summed E-state index contributed by atoms with van der Waals surface area (Å²) in [4.78, 5) is 0. The molecule has 22 aromatic rings. The van der Waals surface area contributed by atoms with Gasteiger partial charge in [0.15, 0.2) is 0 Å². The molecular weight excluding hydrogens is 1520 g/mol. The van der Waals surface area contributed by atoms with Gasteiger partial charge in [0.25, 0.3) is 0 Å². The summed E-state index contributed by atoms with van der Waals surface area (Å²) in [5.74, 6) is 0. The predicted molar refractivity (Wildman–Crippen MR) is 501 cm³/mol. The molecule has 0 aliphatic heterocycles. The lowest BCUT2D eigenvalue weighted by molar-refractivity contribution is 0.426. The molecule has 0 atom stereocenters. The molecule has 0 aliphatic carbocycles. The van der Waals surface area contributed by atoms with E-state index in [4.69, 9.17) is 0 Å². The molecule has 0 aromatic heterocycles. The van der Waals surface area contributed by atoms with Crippen LogP contribution in [0.25, 0.3) is 208 Å². The number of rotatable bonds is 9. The molecular formula is C110H71BBr2O2.